The van der Waals surface area contributed by atoms with Gasteiger partial charge in [0, 0.05) is 0 Å². The number of carboxylic acid groups (broad SMARTS) is 1. The summed E-state index contributed by atoms with van der Waals surface area (Å²) in [5.74, 6) is -0.847. The molecule has 2 N–H and O–H groups in total. The van der Waals surface area contributed by atoms with Crippen molar-refractivity contribution >= 4 is 11.9 Å². The molecule has 0 aliphatic carbocycles. The molecule has 0 spiro atoms. The Morgan fingerprint density at radius 2 is 2.05 bits per heavy atom. The molecule has 0 saturated carbocycles. The number of ether oxygens (including phenoxy) is 1. The third-order valence-corrected chi connectivity index (χ3v) is 2.73. The summed E-state index contributed by atoms with van der Waals surface area (Å²) in [7, 11) is 0. The van der Waals surface area contributed by atoms with Gasteiger partial charge in [-0.2, -0.15) is 0 Å². The van der Waals surface area contributed by atoms with Crippen molar-refractivity contribution in [3.8, 4) is 5.75 Å². The van der Waals surface area contributed by atoms with Gasteiger partial charge in [0.15, 0.2) is 6.61 Å². The van der Waals surface area contributed by atoms with Gasteiger partial charge in [-0.15, -0.1) is 0 Å². The summed E-state index contributed by atoms with van der Waals surface area (Å²) in [6, 6.07) is 4.79. The number of carbonyl (C=O) groups is 2. The molecule has 0 saturated heterocycles. The lowest BCUT2D eigenvalue weighted by Crippen LogP contribution is -2.42. The van der Waals surface area contributed by atoms with Crippen LogP contribution in [0.3, 0.4) is 0 Å². The van der Waals surface area contributed by atoms with Gasteiger partial charge in [-0.25, -0.2) is 4.79 Å². The molecular formula is C14H19NO4. The fraction of sp³-hybridized carbons (Fsp3) is 0.429. The van der Waals surface area contributed by atoms with E-state index in [0.29, 0.717) is 12.2 Å². The Kier molecular flexibility index (Phi) is 5.36. The Labute approximate surface area is 112 Å². The van der Waals surface area contributed by atoms with E-state index in [0.717, 1.165) is 11.1 Å². The SMILES string of the molecule is CC[C@@H](NC(=O)COc1ccc(C)cc1C)C(=O)O. The quantitative estimate of drug-likeness (QED) is 0.820. The molecule has 0 aliphatic rings. The zero-order valence-corrected chi connectivity index (χ0v) is 11.4. The van der Waals surface area contributed by atoms with Gasteiger partial charge in [0.05, 0.1) is 0 Å². The van der Waals surface area contributed by atoms with Gasteiger partial charge in [0.2, 0.25) is 0 Å². The van der Waals surface area contributed by atoms with E-state index >= 15 is 0 Å². The summed E-state index contributed by atoms with van der Waals surface area (Å²) in [6.45, 7) is 5.38. The van der Waals surface area contributed by atoms with E-state index < -0.39 is 17.9 Å². The molecule has 0 aromatic heterocycles. The van der Waals surface area contributed by atoms with Crippen LogP contribution in [0.15, 0.2) is 18.2 Å². The second-order valence-electron chi connectivity index (χ2n) is 4.42. The van der Waals surface area contributed by atoms with E-state index in [9.17, 15) is 9.59 Å². The first-order chi connectivity index (χ1) is 8.93. The van der Waals surface area contributed by atoms with Gasteiger partial charge in [-0.1, -0.05) is 24.6 Å². The van der Waals surface area contributed by atoms with Crippen LogP contribution in [0.2, 0.25) is 0 Å². The molecule has 1 rings (SSSR count). The highest BCUT2D eigenvalue weighted by atomic mass is 16.5. The Balaban J connectivity index is 2.52. The third kappa shape index (κ3) is 4.62. The van der Waals surface area contributed by atoms with Gasteiger partial charge in [0.1, 0.15) is 11.8 Å². The Hall–Kier alpha value is -2.04. The van der Waals surface area contributed by atoms with Crippen molar-refractivity contribution < 1.29 is 19.4 Å². The molecule has 0 fully saturated rings. The maximum Gasteiger partial charge on any atom is 0.326 e. The number of hydrogen-bond donors (Lipinski definition) is 2. The van der Waals surface area contributed by atoms with Crippen LogP contribution in [0.4, 0.5) is 0 Å². The fourth-order valence-electron chi connectivity index (χ4n) is 1.68. The molecule has 0 radical (unpaired) electrons. The molecule has 0 unspecified atom stereocenters. The molecule has 1 amide bonds. The summed E-state index contributed by atoms with van der Waals surface area (Å²) < 4.78 is 5.37. The number of carbonyl (C=O) groups excluding carboxylic acids is 1. The van der Waals surface area contributed by atoms with E-state index in [1.54, 1.807) is 13.0 Å². The minimum absolute atomic E-state index is 0.187. The van der Waals surface area contributed by atoms with Crippen LogP contribution in [-0.2, 0) is 9.59 Å². The molecule has 0 bridgehead atoms. The van der Waals surface area contributed by atoms with Gasteiger partial charge in [-0.3, -0.25) is 4.79 Å². The van der Waals surface area contributed by atoms with E-state index in [1.165, 1.54) is 0 Å². The van der Waals surface area contributed by atoms with Crippen molar-refractivity contribution in [1.29, 1.82) is 0 Å². The highest BCUT2D eigenvalue weighted by Crippen LogP contribution is 2.18. The first-order valence-corrected chi connectivity index (χ1v) is 6.16. The lowest BCUT2D eigenvalue weighted by atomic mass is 10.1. The Bertz CT molecular complexity index is 471. The minimum atomic E-state index is -1.04. The number of benzene rings is 1. The lowest BCUT2D eigenvalue weighted by molar-refractivity contribution is -0.142. The summed E-state index contributed by atoms with van der Waals surface area (Å²) in [5, 5.41) is 11.2. The number of hydrogen-bond acceptors (Lipinski definition) is 3. The third-order valence-electron chi connectivity index (χ3n) is 2.73. The van der Waals surface area contributed by atoms with Crippen molar-refractivity contribution in [2.75, 3.05) is 6.61 Å². The number of rotatable bonds is 6. The predicted molar refractivity (Wildman–Crippen MR) is 71.3 cm³/mol. The molecule has 0 heterocycles. The first kappa shape index (κ1) is 15.0. The van der Waals surface area contributed by atoms with E-state index in [4.69, 9.17) is 9.84 Å². The van der Waals surface area contributed by atoms with Crippen molar-refractivity contribution in [3.63, 3.8) is 0 Å². The number of aliphatic carboxylic acids is 1. The Morgan fingerprint density at radius 3 is 2.58 bits per heavy atom. The van der Waals surface area contributed by atoms with Gasteiger partial charge < -0.3 is 15.2 Å². The fourth-order valence-corrected chi connectivity index (χ4v) is 1.68. The summed E-state index contributed by atoms with van der Waals surface area (Å²) >= 11 is 0. The zero-order chi connectivity index (χ0) is 14.4. The second kappa shape index (κ2) is 6.78. The second-order valence-corrected chi connectivity index (χ2v) is 4.42. The lowest BCUT2D eigenvalue weighted by Gasteiger charge is -2.13. The van der Waals surface area contributed by atoms with E-state index in [-0.39, 0.29) is 6.61 Å². The smallest absolute Gasteiger partial charge is 0.326 e. The molecule has 0 aliphatic heterocycles. The number of aryl methyl sites for hydroxylation is 2. The molecule has 1 aromatic rings. The van der Waals surface area contributed by atoms with Crippen LogP contribution in [0.1, 0.15) is 24.5 Å². The summed E-state index contributed by atoms with van der Waals surface area (Å²) in [5.41, 5.74) is 2.06. The van der Waals surface area contributed by atoms with Crippen LogP contribution in [-0.4, -0.2) is 29.6 Å². The maximum atomic E-state index is 11.6. The van der Waals surface area contributed by atoms with Crippen LogP contribution >= 0.6 is 0 Å². The van der Waals surface area contributed by atoms with Crippen molar-refractivity contribution in [1.82, 2.24) is 5.32 Å². The zero-order valence-electron chi connectivity index (χ0n) is 11.4. The normalized spacial score (nSPS) is 11.7. The number of nitrogens with one attached hydrogen (secondary N) is 1. The number of carboxylic acids is 1. The summed E-state index contributed by atoms with van der Waals surface area (Å²) in [4.78, 5) is 22.3. The number of amides is 1. The largest absolute Gasteiger partial charge is 0.484 e. The van der Waals surface area contributed by atoms with E-state index in [1.807, 2.05) is 26.0 Å². The van der Waals surface area contributed by atoms with Crippen molar-refractivity contribution in [2.45, 2.75) is 33.2 Å². The first-order valence-electron chi connectivity index (χ1n) is 6.16. The van der Waals surface area contributed by atoms with Crippen molar-refractivity contribution in [3.05, 3.63) is 29.3 Å². The molecule has 19 heavy (non-hydrogen) atoms. The van der Waals surface area contributed by atoms with Gasteiger partial charge >= 0.3 is 5.97 Å². The Morgan fingerprint density at radius 1 is 1.37 bits per heavy atom. The topological polar surface area (TPSA) is 75.6 Å². The van der Waals surface area contributed by atoms with Crippen LogP contribution in [0, 0.1) is 13.8 Å². The molecule has 104 valence electrons. The standard InChI is InChI=1S/C14H19NO4/c1-4-11(14(17)18)15-13(16)8-19-12-6-5-9(2)7-10(12)3/h5-7,11H,4,8H2,1-3H3,(H,15,16)(H,17,18)/t11-/m1/s1. The average Bonchev–Trinajstić information content (AvgIpc) is 2.34. The van der Waals surface area contributed by atoms with Crippen LogP contribution < -0.4 is 10.1 Å². The highest BCUT2D eigenvalue weighted by Gasteiger charge is 2.17. The summed E-state index contributed by atoms with van der Waals surface area (Å²) in [6.07, 6.45) is 0.338. The molecule has 5 heteroatoms. The molecule has 1 aromatic carbocycles. The highest BCUT2D eigenvalue weighted by molar-refractivity contribution is 5.84. The maximum absolute atomic E-state index is 11.6. The molecule has 1 atom stereocenters. The minimum Gasteiger partial charge on any atom is -0.484 e. The molecular weight excluding hydrogens is 246 g/mol. The van der Waals surface area contributed by atoms with Crippen molar-refractivity contribution in [2.24, 2.45) is 0 Å². The average molecular weight is 265 g/mol. The molecule has 5 nitrogen and oxygen atoms in total. The van der Waals surface area contributed by atoms with Gasteiger partial charge in [0.25, 0.3) is 5.91 Å². The van der Waals surface area contributed by atoms with E-state index in [2.05, 4.69) is 5.32 Å². The van der Waals surface area contributed by atoms with Crippen LogP contribution in [0.25, 0.3) is 0 Å². The predicted octanol–water partition coefficient (Wildman–Crippen LogP) is 1.66. The van der Waals surface area contributed by atoms with Gasteiger partial charge in [-0.05, 0) is 31.9 Å². The monoisotopic (exact) mass is 265 g/mol. The van der Waals surface area contributed by atoms with Crippen LogP contribution in [0.5, 0.6) is 5.75 Å².